The molecular formula is C20H20N2O2. The van der Waals surface area contributed by atoms with Crippen molar-refractivity contribution in [1.29, 1.82) is 0 Å². The lowest BCUT2D eigenvalue weighted by Crippen LogP contribution is -2.33. The highest BCUT2D eigenvalue weighted by atomic mass is 16.2. The fourth-order valence-electron chi connectivity index (χ4n) is 2.91. The number of ketones is 1. The van der Waals surface area contributed by atoms with Crippen molar-refractivity contribution >= 4 is 22.6 Å². The van der Waals surface area contributed by atoms with E-state index in [1.807, 2.05) is 68.4 Å². The lowest BCUT2D eigenvalue weighted by Gasteiger charge is -2.12. The Hall–Kier alpha value is -2.88. The Morgan fingerprint density at radius 3 is 2.46 bits per heavy atom. The molecule has 3 aromatic rings. The van der Waals surface area contributed by atoms with E-state index in [0.29, 0.717) is 17.8 Å². The van der Waals surface area contributed by atoms with Gasteiger partial charge in [-0.05, 0) is 24.5 Å². The molecule has 4 heteroatoms. The Labute approximate surface area is 140 Å². The first-order valence-corrected chi connectivity index (χ1v) is 8.02. The smallest absolute Gasteiger partial charge is 0.292 e. The number of carbonyl (C=O) groups is 2. The van der Waals surface area contributed by atoms with E-state index in [-0.39, 0.29) is 5.92 Å². The van der Waals surface area contributed by atoms with Gasteiger partial charge in [-0.25, -0.2) is 0 Å². The van der Waals surface area contributed by atoms with Crippen LogP contribution in [-0.2, 0) is 4.79 Å². The highest BCUT2D eigenvalue weighted by molar-refractivity contribution is 6.45. The van der Waals surface area contributed by atoms with E-state index in [1.165, 1.54) is 0 Å². The fraction of sp³-hybridized carbons (Fsp3) is 0.200. The van der Waals surface area contributed by atoms with Crippen LogP contribution in [0.4, 0.5) is 0 Å². The molecule has 24 heavy (non-hydrogen) atoms. The molecule has 1 heterocycles. The van der Waals surface area contributed by atoms with E-state index < -0.39 is 11.7 Å². The number of rotatable bonds is 5. The van der Waals surface area contributed by atoms with Gasteiger partial charge >= 0.3 is 0 Å². The third kappa shape index (κ3) is 3.08. The third-order valence-electron chi connectivity index (χ3n) is 4.26. The van der Waals surface area contributed by atoms with Gasteiger partial charge in [-0.3, -0.25) is 9.59 Å². The summed E-state index contributed by atoms with van der Waals surface area (Å²) in [6, 6.07) is 17.4. The van der Waals surface area contributed by atoms with Gasteiger partial charge in [0.15, 0.2) is 0 Å². The summed E-state index contributed by atoms with van der Waals surface area (Å²) >= 11 is 0. The van der Waals surface area contributed by atoms with E-state index in [4.69, 9.17) is 0 Å². The van der Waals surface area contributed by atoms with Gasteiger partial charge < -0.3 is 10.3 Å². The summed E-state index contributed by atoms with van der Waals surface area (Å²) in [5, 5.41) is 3.54. The van der Waals surface area contributed by atoms with Gasteiger partial charge in [-0.1, -0.05) is 55.5 Å². The molecule has 3 rings (SSSR count). The van der Waals surface area contributed by atoms with Crippen LogP contribution in [0.3, 0.4) is 0 Å². The molecule has 0 spiro atoms. The van der Waals surface area contributed by atoms with E-state index in [2.05, 4.69) is 10.3 Å². The minimum absolute atomic E-state index is 0.145. The fourth-order valence-corrected chi connectivity index (χ4v) is 2.91. The zero-order valence-corrected chi connectivity index (χ0v) is 13.8. The molecular weight excluding hydrogens is 300 g/mol. The van der Waals surface area contributed by atoms with Gasteiger partial charge in [-0.2, -0.15) is 0 Å². The molecule has 0 fully saturated rings. The molecule has 122 valence electrons. The Morgan fingerprint density at radius 1 is 1.04 bits per heavy atom. The first-order chi connectivity index (χ1) is 11.6. The molecule has 0 aliphatic heterocycles. The second kappa shape index (κ2) is 6.71. The van der Waals surface area contributed by atoms with Crippen LogP contribution in [0, 0.1) is 6.92 Å². The molecule has 0 aliphatic carbocycles. The molecule has 0 bridgehead atoms. The number of carbonyl (C=O) groups excluding carboxylic acids is 2. The van der Waals surface area contributed by atoms with Gasteiger partial charge in [0.25, 0.3) is 11.7 Å². The highest BCUT2D eigenvalue weighted by Gasteiger charge is 2.22. The first kappa shape index (κ1) is 16.0. The van der Waals surface area contributed by atoms with Crippen LogP contribution in [-0.4, -0.2) is 23.2 Å². The Bertz CT molecular complexity index is 881. The Kier molecular flexibility index (Phi) is 4.47. The average Bonchev–Trinajstić information content (AvgIpc) is 2.95. The van der Waals surface area contributed by atoms with Crippen molar-refractivity contribution < 1.29 is 9.59 Å². The topological polar surface area (TPSA) is 62.0 Å². The molecule has 1 aromatic heterocycles. The molecule has 2 aromatic carbocycles. The lowest BCUT2D eigenvalue weighted by atomic mass is 10.0. The number of H-pyrrole nitrogens is 1. The predicted octanol–water partition coefficient (Wildman–Crippen LogP) is 3.58. The standard InChI is InChI=1S/C20H20N2O2/c1-13(15-8-4-3-5-9-15)12-21-20(24)19(23)18-14(2)22-17-11-7-6-10-16(17)18/h3-11,13,22H,12H2,1-2H3,(H,21,24)/t13-/m0/s1. The van der Waals surface area contributed by atoms with Crippen LogP contribution in [0.15, 0.2) is 54.6 Å². The molecule has 0 saturated heterocycles. The first-order valence-electron chi connectivity index (χ1n) is 8.02. The number of hydrogen-bond donors (Lipinski definition) is 2. The minimum atomic E-state index is -0.564. The number of hydrogen-bond acceptors (Lipinski definition) is 2. The van der Waals surface area contributed by atoms with Crippen molar-refractivity contribution in [2.24, 2.45) is 0 Å². The zero-order valence-electron chi connectivity index (χ0n) is 13.8. The second-order valence-electron chi connectivity index (χ2n) is 6.02. The lowest BCUT2D eigenvalue weighted by molar-refractivity contribution is -0.117. The molecule has 1 atom stereocenters. The number of nitrogens with one attached hydrogen (secondary N) is 2. The number of Topliss-reactive ketones (excluding diaryl/α,β-unsaturated/α-hetero) is 1. The molecule has 0 aliphatic rings. The van der Waals surface area contributed by atoms with Crippen molar-refractivity contribution in [3.63, 3.8) is 0 Å². The number of fused-ring (bicyclic) bond motifs is 1. The van der Waals surface area contributed by atoms with Gasteiger partial charge in [-0.15, -0.1) is 0 Å². The van der Waals surface area contributed by atoms with E-state index in [9.17, 15) is 9.59 Å². The Balaban J connectivity index is 1.73. The molecule has 1 amide bonds. The van der Waals surface area contributed by atoms with Crippen molar-refractivity contribution in [3.8, 4) is 0 Å². The quantitative estimate of drug-likeness (QED) is 0.557. The van der Waals surface area contributed by atoms with Crippen molar-refractivity contribution in [2.75, 3.05) is 6.54 Å². The number of para-hydroxylation sites is 1. The highest BCUT2D eigenvalue weighted by Crippen LogP contribution is 2.22. The number of aromatic amines is 1. The maximum Gasteiger partial charge on any atom is 0.292 e. The molecule has 2 N–H and O–H groups in total. The number of benzene rings is 2. The summed E-state index contributed by atoms with van der Waals surface area (Å²) in [5.74, 6) is -0.914. The van der Waals surface area contributed by atoms with Crippen LogP contribution in [0.25, 0.3) is 10.9 Å². The predicted molar refractivity (Wildman–Crippen MR) is 95.2 cm³/mol. The summed E-state index contributed by atoms with van der Waals surface area (Å²) in [6.07, 6.45) is 0. The summed E-state index contributed by atoms with van der Waals surface area (Å²) in [6.45, 7) is 4.26. The van der Waals surface area contributed by atoms with Crippen molar-refractivity contribution in [1.82, 2.24) is 10.3 Å². The van der Waals surface area contributed by atoms with E-state index in [0.717, 1.165) is 16.5 Å². The second-order valence-corrected chi connectivity index (χ2v) is 6.02. The van der Waals surface area contributed by atoms with Gasteiger partial charge in [0.2, 0.25) is 0 Å². The monoisotopic (exact) mass is 320 g/mol. The Morgan fingerprint density at radius 2 is 1.71 bits per heavy atom. The maximum absolute atomic E-state index is 12.6. The number of amides is 1. The van der Waals surface area contributed by atoms with Crippen LogP contribution < -0.4 is 5.32 Å². The largest absolute Gasteiger partial charge is 0.358 e. The molecule has 0 unspecified atom stereocenters. The summed E-state index contributed by atoms with van der Waals surface area (Å²) in [5.41, 5.74) is 3.17. The third-order valence-corrected chi connectivity index (χ3v) is 4.26. The van der Waals surface area contributed by atoms with Gasteiger partial charge in [0.05, 0.1) is 5.56 Å². The van der Waals surface area contributed by atoms with E-state index in [1.54, 1.807) is 0 Å². The average molecular weight is 320 g/mol. The van der Waals surface area contributed by atoms with Crippen molar-refractivity contribution in [2.45, 2.75) is 19.8 Å². The maximum atomic E-state index is 12.6. The van der Waals surface area contributed by atoms with Crippen LogP contribution in [0.1, 0.15) is 34.5 Å². The molecule has 0 saturated carbocycles. The summed E-state index contributed by atoms with van der Waals surface area (Å²) in [4.78, 5) is 28.0. The minimum Gasteiger partial charge on any atom is -0.358 e. The number of aryl methyl sites for hydroxylation is 1. The van der Waals surface area contributed by atoms with Gasteiger partial charge in [0.1, 0.15) is 0 Å². The van der Waals surface area contributed by atoms with E-state index >= 15 is 0 Å². The normalized spacial score (nSPS) is 12.1. The van der Waals surface area contributed by atoms with Crippen LogP contribution in [0.2, 0.25) is 0 Å². The van der Waals surface area contributed by atoms with Crippen LogP contribution in [0.5, 0.6) is 0 Å². The zero-order chi connectivity index (χ0) is 17.1. The SMILES string of the molecule is Cc1[nH]c2ccccc2c1C(=O)C(=O)NC[C@H](C)c1ccccc1. The molecule has 4 nitrogen and oxygen atoms in total. The number of aromatic nitrogens is 1. The van der Waals surface area contributed by atoms with Crippen molar-refractivity contribution in [3.05, 3.63) is 71.4 Å². The molecule has 0 radical (unpaired) electrons. The van der Waals surface area contributed by atoms with Crippen LogP contribution >= 0.6 is 0 Å². The summed E-state index contributed by atoms with van der Waals surface area (Å²) in [7, 11) is 0. The van der Waals surface area contributed by atoms with Gasteiger partial charge in [0, 0.05) is 23.1 Å². The summed E-state index contributed by atoms with van der Waals surface area (Å²) < 4.78 is 0.